The summed E-state index contributed by atoms with van der Waals surface area (Å²) in [7, 11) is 0. The highest BCUT2D eigenvalue weighted by Gasteiger charge is 2.28. The van der Waals surface area contributed by atoms with Crippen molar-refractivity contribution in [2.45, 2.75) is 19.3 Å². The van der Waals surface area contributed by atoms with Gasteiger partial charge in [-0.25, -0.2) is 13.8 Å². The fraction of sp³-hybridized carbons (Fsp3) is 0.545. The van der Waals surface area contributed by atoms with Gasteiger partial charge in [-0.3, -0.25) is 0 Å². The molecule has 17 heavy (non-hydrogen) atoms. The summed E-state index contributed by atoms with van der Waals surface area (Å²) in [6.45, 7) is 1.20. The Morgan fingerprint density at radius 1 is 1.53 bits per heavy atom. The maximum atomic E-state index is 12.7. The van der Waals surface area contributed by atoms with Crippen LogP contribution in [0.4, 0.5) is 14.5 Å². The average Bonchev–Trinajstić information content (AvgIpc) is 2.32. The van der Waals surface area contributed by atoms with Crippen LogP contribution >= 0.6 is 34.2 Å². The summed E-state index contributed by atoms with van der Waals surface area (Å²) in [4.78, 5) is 5.95. The van der Waals surface area contributed by atoms with Gasteiger partial charge in [0.15, 0.2) is 0 Å². The summed E-state index contributed by atoms with van der Waals surface area (Å²) < 4.78 is 26.4. The van der Waals surface area contributed by atoms with E-state index >= 15 is 0 Å². The minimum atomic E-state index is -2.24. The van der Waals surface area contributed by atoms with E-state index in [0.717, 1.165) is 22.2 Å². The Kier molecular flexibility index (Phi) is 4.41. The molecule has 0 saturated carbocycles. The highest BCUT2D eigenvalue weighted by Crippen LogP contribution is 2.30. The molecule has 1 aromatic rings. The van der Waals surface area contributed by atoms with Gasteiger partial charge >= 0.3 is 0 Å². The van der Waals surface area contributed by atoms with Crippen molar-refractivity contribution in [1.82, 2.24) is 4.98 Å². The molecule has 1 aliphatic rings. The smallest absolute Gasteiger partial charge is 0.243 e. The van der Waals surface area contributed by atoms with E-state index in [1.165, 1.54) is 0 Å². The van der Waals surface area contributed by atoms with E-state index in [-0.39, 0.29) is 0 Å². The van der Waals surface area contributed by atoms with Crippen LogP contribution in [0.2, 0.25) is 5.15 Å². The SMILES string of the molecule is FC(F)[C@@H]1CCCN(c2cc(Cl)ncc2I)C1. The molecule has 1 saturated heterocycles. The van der Waals surface area contributed by atoms with E-state index in [0.29, 0.717) is 18.1 Å². The lowest BCUT2D eigenvalue weighted by Gasteiger charge is -2.34. The number of nitrogens with zero attached hydrogens (tertiary/aromatic N) is 2. The van der Waals surface area contributed by atoms with Crippen molar-refractivity contribution in [2.75, 3.05) is 18.0 Å². The zero-order chi connectivity index (χ0) is 12.4. The number of aromatic nitrogens is 1. The number of rotatable bonds is 2. The minimum absolute atomic E-state index is 0.397. The molecule has 6 heteroatoms. The summed E-state index contributed by atoms with van der Waals surface area (Å²) in [5.41, 5.74) is 0.913. The molecule has 1 aliphatic heterocycles. The van der Waals surface area contributed by atoms with Crippen molar-refractivity contribution >= 4 is 39.9 Å². The minimum Gasteiger partial charge on any atom is -0.370 e. The maximum Gasteiger partial charge on any atom is 0.243 e. The third-order valence-corrected chi connectivity index (χ3v) is 3.99. The first-order valence-electron chi connectivity index (χ1n) is 5.42. The Morgan fingerprint density at radius 3 is 3.00 bits per heavy atom. The molecule has 94 valence electrons. The van der Waals surface area contributed by atoms with E-state index < -0.39 is 12.3 Å². The van der Waals surface area contributed by atoms with Gasteiger partial charge < -0.3 is 4.90 Å². The predicted octanol–water partition coefficient (Wildman–Crippen LogP) is 3.82. The predicted molar refractivity (Wildman–Crippen MR) is 72.9 cm³/mol. The Hall–Kier alpha value is -0.170. The van der Waals surface area contributed by atoms with E-state index in [1.807, 2.05) is 4.90 Å². The fourth-order valence-corrected chi connectivity index (χ4v) is 2.87. The van der Waals surface area contributed by atoms with Crippen LogP contribution in [0.3, 0.4) is 0 Å². The molecule has 1 atom stereocenters. The van der Waals surface area contributed by atoms with Gasteiger partial charge in [0.2, 0.25) is 6.43 Å². The van der Waals surface area contributed by atoms with Crippen LogP contribution in [0, 0.1) is 9.49 Å². The monoisotopic (exact) mass is 372 g/mol. The van der Waals surface area contributed by atoms with Gasteiger partial charge in [-0.1, -0.05) is 11.6 Å². The fourth-order valence-electron chi connectivity index (χ4n) is 2.08. The second kappa shape index (κ2) is 5.65. The number of piperidine rings is 1. The topological polar surface area (TPSA) is 16.1 Å². The lowest BCUT2D eigenvalue weighted by molar-refractivity contribution is 0.0686. The second-order valence-corrected chi connectivity index (χ2v) is 5.69. The van der Waals surface area contributed by atoms with Crippen molar-refractivity contribution in [3.8, 4) is 0 Å². The van der Waals surface area contributed by atoms with Crippen LogP contribution in [0.1, 0.15) is 12.8 Å². The van der Waals surface area contributed by atoms with Gasteiger partial charge in [0, 0.05) is 25.2 Å². The normalized spacial score (nSPS) is 21.0. The molecule has 0 amide bonds. The molecule has 1 fully saturated rings. The molecule has 2 rings (SSSR count). The van der Waals surface area contributed by atoms with E-state index in [4.69, 9.17) is 11.6 Å². The summed E-state index contributed by atoms with van der Waals surface area (Å²) in [5, 5.41) is 0.402. The van der Waals surface area contributed by atoms with Crippen LogP contribution in [-0.2, 0) is 0 Å². The molecule has 0 radical (unpaired) electrons. The molecule has 2 heterocycles. The van der Waals surface area contributed by atoms with Gasteiger partial charge in [-0.15, -0.1) is 0 Å². The summed E-state index contributed by atoms with van der Waals surface area (Å²) >= 11 is 8.00. The van der Waals surface area contributed by atoms with E-state index in [9.17, 15) is 8.78 Å². The highest BCUT2D eigenvalue weighted by atomic mass is 127. The van der Waals surface area contributed by atoms with Crippen LogP contribution in [-0.4, -0.2) is 24.5 Å². The van der Waals surface area contributed by atoms with Crippen molar-refractivity contribution in [2.24, 2.45) is 5.92 Å². The number of halogens is 4. The number of pyridine rings is 1. The standard InChI is InChI=1S/C11H12ClF2IN2/c12-10-4-9(8(15)5-16-10)17-3-1-2-7(6-17)11(13)14/h4-5,7,11H,1-3,6H2/t7-/m1/s1. The number of anilines is 1. The van der Waals surface area contributed by atoms with Crippen molar-refractivity contribution in [1.29, 1.82) is 0 Å². The zero-order valence-corrected chi connectivity index (χ0v) is 12.0. The van der Waals surface area contributed by atoms with Gasteiger partial charge in [0.1, 0.15) is 5.15 Å². The van der Waals surface area contributed by atoms with Gasteiger partial charge in [-0.05, 0) is 41.5 Å². The van der Waals surface area contributed by atoms with Crippen LogP contribution in [0.25, 0.3) is 0 Å². The van der Waals surface area contributed by atoms with Gasteiger partial charge in [0.05, 0.1) is 9.26 Å². The van der Waals surface area contributed by atoms with Crippen molar-refractivity contribution in [3.05, 3.63) is 21.0 Å². The summed E-state index contributed by atoms with van der Waals surface area (Å²) in [6.07, 6.45) is 0.825. The van der Waals surface area contributed by atoms with Gasteiger partial charge in [-0.2, -0.15) is 0 Å². The zero-order valence-electron chi connectivity index (χ0n) is 9.04. The first-order chi connectivity index (χ1) is 8.08. The lowest BCUT2D eigenvalue weighted by Crippen LogP contribution is -2.38. The van der Waals surface area contributed by atoms with Crippen LogP contribution in [0.15, 0.2) is 12.3 Å². The quantitative estimate of drug-likeness (QED) is 0.579. The largest absolute Gasteiger partial charge is 0.370 e. The Labute approximate surface area is 117 Å². The number of hydrogen-bond donors (Lipinski definition) is 0. The molecule has 0 unspecified atom stereocenters. The average molecular weight is 373 g/mol. The van der Waals surface area contributed by atoms with Gasteiger partial charge in [0.25, 0.3) is 0 Å². The van der Waals surface area contributed by atoms with E-state index in [1.54, 1.807) is 12.3 Å². The maximum absolute atomic E-state index is 12.7. The van der Waals surface area contributed by atoms with Crippen LogP contribution in [0.5, 0.6) is 0 Å². The highest BCUT2D eigenvalue weighted by molar-refractivity contribution is 14.1. The molecule has 0 aromatic carbocycles. The number of alkyl halides is 2. The molecule has 0 N–H and O–H groups in total. The van der Waals surface area contributed by atoms with Crippen LogP contribution < -0.4 is 4.90 Å². The van der Waals surface area contributed by atoms with Crippen molar-refractivity contribution in [3.63, 3.8) is 0 Å². The third kappa shape index (κ3) is 3.19. The molecule has 0 bridgehead atoms. The molecule has 0 aliphatic carbocycles. The molecule has 2 nitrogen and oxygen atoms in total. The second-order valence-electron chi connectivity index (χ2n) is 4.14. The Balaban J connectivity index is 2.18. The molecule has 0 spiro atoms. The van der Waals surface area contributed by atoms with E-state index in [2.05, 4.69) is 27.6 Å². The molecular formula is C11H12ClF2IN2. The Bertz CT molecular complexity index is 403. The Morgan fingerprint density at radius 2 is 2.29 bits per heavy atom. The molecular weight excluding hydrogens is 360 g/mol. The lowest BCUT2D eigenvalue weighted by atomic mass is 9.98. The summed E-state index contributed by atoms with van der Waals surface area (Å²) in [6, 6.07) is 1.75. The molecule has 1 aromatic heterocycles. The summed E-state index contributed by atoms with van der Waals surface area (Å²) in [5.74, 6) is -0.536. The number of hydrogen-bond acceptors (Lipinski definition) is 2. The van der Waals surface area contributed by atoms with Crippen molar-refractivity contribution < 1.29 is 8.78 Å². The first-order valence-corrected chi connectivity index (χ1v) is 6.87. The third-order valence-electron chi connectivity index (χ3n) is 2.96. The first kappa shape index (κ1) is 13.3.